The van der Waals surface area contributed by atoms with Gasteiger partial charge in [0.05, 0.1) is 0 Å². The zero-order valence-corrected chi connectivity index (χ0v) is 8.27. The Morgan fingerprint density at radius 1 is 1.42 bits per heavy atom. The number of hydrogen-bond donors (Lipinski definition) is 1. The van der Waals surface area contributed by atoms with Crippen molar-refractivity contribution in [3.05, 3.63) is 0 Å². The molecule has 12 heavy (non-hydrogen) atoms. The number of likely N-dealkylation sites (tertiary alicyclic amines) is 1. The van der Waals surface area contributed by atoms with Gasteiger partial charge in [0.25, 0.3) is 0 Å². The summed E-state index contributed by atoms with van der Waals surface area (Å²) in [6, 6.07) is 0.737. The molecule has 0 amide bonds. The lowest BCUT2D eigenvalue weighted by molar-refractivity contribution is -0.0785. The Morgan fingerprint density at radius 2 is 2.08 bits per heavy atom. The Morgan fingerprint density at radius 3 is 2.50 bits per heavy atom. The quantitative estimate of drug-likeness (QED) is 0.678. The van der Waals surface area contributed by atoms with Gasteiger partial charge in [0, 0.05) is 25.7 Å². The van der Waals surface area contributed by atoms with Crippen molar-refractivity contribution in [3.63, 3.8) is 0 Å². The molecule has 0 radical (unpaired) electrons. The molecule has 1 spiro atoms. The Balaban J connectivity index is 1.73. The lowest BCUT2D eigenvalue weighted by atomic mass is 9.63. The van der Waals surface area contributed by atoms with E-state index in [0.717, 1.165) is 18.0 Å². The molecular formula is C10H20N2. The molecule has 1 saturated heterocycles. The van der Waals surface area contributed by atoms with E-state index in [4.69, 9.17) is 0 Å². The minimum absolute atomic E-state index is 0.737. The fourth-order valence-corrected chi connectivity index (χ4v) is 2.54. The van der Waals surface area contributed by atoms with Gasteiger partial charge in [0.2, 0.25) is 0 Å². The van der Waals surface area contributed by atoms with E-state index in [1.807, 2.05) is 7.05 Å². The first-order valence-corrected chi connectivity index (χ1v) is 5.14. The Kier molecular flexibility index (Phi) is 2.13. The lowest BCUT2D eigenvalue weighted by Gasteiger charge is -2.58. The van der Waals surface area contributed by atoms with Gasteiger partial charge in [-0.15, -0.1) is 0 Å². The first-order valence-electron chi connectivity index (χ1n) is 5.14. The van der Waals surface area contributed by atoms with Crippen molar-refractivity contribution >= 4 is 0 Å². The lowest BCUT2D eigenvalue weighted by Crippen LogP contribution is -2.63. The van der Waals surface area contributed by atoms with Crippen molar-refractivity contribution in [2.24, 2.45) is 5.41 Å². The molecule has 1 aliphatic carbocycles. The molecule has 2 aliphatic rings. The number of rotatable bonds is 3. The summed E-state index contributed by atoms with van der Waals surface area (Å²) in [4.78, 5) is 2.61. The number of hydrogen-bond acceptors (Lipinski definition) is 2. The molecule has 0 aromatic carbocycles. The summed E-state index contributed by atoms with van der Waals surface area (Å²) in [5.74, 6) is 0. The highest BCUT2D eigenvalue weighted by atomic mass is 15.2. The van der Waals surface area contributed by atoms with Crippen molar-refractivity contribution in [1.29, 1.82) is 0 Å². The average molecular weight is 168 g/mol. The molecule has 0 bridgehead atoms. The van der Waals surface area contributed by atoms with E-state index in [-0.39, 0.29) is 0 Å². The topological polar surface area (TPSA) is 15.3 Å². The van der Waals surface area contributed by atoms with Gasteiger partial charge >= 0.3 is 0 Å². The summed E-state index contributed by atoms with van der Waals surface area (Å²) in [6.45, 7) is 6.20. The van der Waals surface area contributed by atoms with Crippen LogP contribution in [0.1, 0.15) is 26.2 Å². The van der Waals surface area contributed by atoms with Crippen LogP contribution in [0.3, 0.4) is 0 Å². The van der Waals surface area contributed by atoms with Crippen molar-refractivity contribution in [1.82, 2.24) is 10.2 Å². The van der Waals surface area contributed by atoms with Crippen LogP contribution >= 0.6 is 0 Å². The molecular weight excluding hydrogens is 148 g/mol. The van der Waals surface area contributed by atoms with E-state index in [9.17, 15) is 0 Å². The van der Waals surface area contributed by atoms with E-state index in [1.165, 1.54) is 32.4 Å². The fourth-order valence-electron chi connectivity index (χ4n) is 2.54. The first-order chi connectivity index (χ1) is 5.76. The van der Waals surface area contributed by atoms with Crippen LogP contribution in [-0.2, 0) is 0 Å². The molecule has 2 fully saturated rings. The van der Waals surface area contributed by atoms with Gasteiger partial charge < -0.3 is 5.32 Å². The standard InChI is InChI=1S/C10H20N2/c1-9(6-11-2)12-7-10(8-12)4-3-5-10/h9,11H,3-8H2,1-2H3. The summed E-state index contributed by atoms with van der Waals surface area (Å²) in [7, 11) is 2.04. The molecule has 2 nitrogen and oxygen atoms in total. The zero-order chi connectivity index (χ0) is 8.60. The van der Waals surface area contributed by atoms with Crippen LogP contribution in [0.4, 0.5) is 0 Å². The maximum absolute atomic E-state index is 3.24. The van der Waals surface area contributed by atoms with Gasteiger partial charge in [-0.1, -0.05) is 6.42 Å². The van der Waals surface area contributed by atoms with Crippen LogP contribution in [0.5, 0.6) is 0 Å². The second-order valence-corrected chi connectivity index (χ2v) is 4.67. The third kappa shape index (κ3) is 1.27. The molecule has 2 heteroatoms. The summed E-state index contributed by atoms with van der Waals surface area (Å²) in [6.07, 6.45) is 4.47. The molecule has 1 saturated carbocycles. The number of nitrogens with zero attached hydrogens (tertiary/aromatic N) is 1. The van der Waals surface area contributed by atoms with Crippen LogP contribution in [0.2, 0.25) is 0 Å². The maximum Gasteiger partial charge on any atom is 0.0192 e. The van der Waals surface area contributed by atoms with E-state index in [2.05, 4.69) is 17.1 Å². The van der Waals surface area contributed by atoms with Gasteiger partial charge in [-0.25, -0.2) is 0 Å². The Hall–Kier alpha value is -0.0800. The highest BCUT2D eigenvalue weighted by molar-refractivity contribution is 5.01. The van der Waals surface area contributed by atoms with E-state index in [0.29, 0.717) is 0 Å². The molecule has 0 aromatic heterocycles. The molecule has 1 heterocycles. The van der Waals surface area contributed by atoms with Crippen molar-refractivity contribution in [2.45, 2.75) is 32.2 Å². The highest BCUT2D eigenvalue weighted by Gasteiger charge is 2.47. The smallest absolute Gasteiger partial charge is 0.0192 e. The van der Waals surface area contributed by atoms with E-state index in [1.54, 1.807) is 0 Å². The third-order valence-electron chi connectivity index (χ3n) is 3.61. The van der Waals surface area contributed by atoms with Crippen LogP contribution in [0, 0.1) is 5.41 Å². The van der Waals surface area contributed by atoms with Crippen molar-refractivity contribution < 1.29 is 0 Å². The molecule has 2 rings (SSSR count). The van der Waals surface area contributed by atoms with Crippen LogP contribution in [-0.4, -0.2) is 37.6 Å². The second kappa shape index (κ2) is 3.00. The van der Waals surface area contributed by atoms with Crippen molar-refractivity contribution in [3.8, 4) is 0 Å². The molecule has 1 N–H and O–H groups in total. The summed E-state index contributed by atoms with van der Waals surface area (Å²) in [5.41, 5.74) is 0.794. The zero-order valence-electron chi connectivity index (χ0n) is 8.27. The fraction of sp³-hybridized carbons (Fsp3) is 1.00. The monoisotopic (exact) mass is 168 g/mol. The second-order valence-electron chi connectivity index (χ2n) is 4.67. The normalized spacial score (nSPS) is 29.5. The number of nitrogens with one attached hydrogen (secondary N) is 1. The SMILES string of the molecule is CNCC(C)N1CC2(CCC2)C1. The molecule has 1 atom stereocenters. The highest BCUT2D eigenvalue weighted by Crippen LogP contribution is 2.48. The van der Waals surface area contributed by atoms with Gasteiger partial charge in [-0.2, -0.15) is 0 Å². The molecule has 1 aliphatic heterocycles. The minimum Gasteiger partial charge on any atom is -0.318 e. The Bertz CT molecular complexity index is 155. The largest absolute Gasteiger partial charge is 0.318 e. The van der Waals surface area contributed by atoms with Gasteiger partial charge in [0.1, 0.15) is 0 Å². The van der Waals surface area contributed by atoms with Crippen molar-refractivity contribution in [2.75, 3.05) is 26.7 Å². The maximum atomic E-state index is 3.24. The average Bonchev–Trinajstić information content (AvgIpc) is 1.81. The molecule has 0 aromatic rings. The summed E-state index contributed by atoms with van der Waals surface area (Å²) in [5, 5.41) is 3.24. The van der Waals surface area contributed by atoms with Gasteiger partial charge in [-0.05, 0) is 32.2 Å². The first kappa shape index (κ1) is 8.52. The summed E-state index contributed by atoms with van der Waals surface area (Å²) < 4.78 is 0. The third-order valence-corrected chi connectivity index (χ3v) is 3.61. The van der Waals surface area contributed by atoms with Crippen LogP contribution in [0.25, 0.3) is 0 Å². The molecule has 1 unspecified atom stereocenters. The van der Waals surface area contributed by atoms with E-state index >= 15 is 0 Å². The van der Waals surface area contributed by atoms with Gasteiger partial charge in [-0.3, -0.25) is 4.90 Å². The predicted octanol–water partition coefficient (Wildman–Crippen LogP) is 1.08. The van der Waals surface area contributed by atoms with Gasteiger partial charge in [0.15, 0.2) is 0 Å². The van der Waals surface area contributed by atoms with Crippen LogP contribution in [0.15, 0.2) is 0 Å². The molecule has 70 valence electrons. The Labute approximate surface area is 75.3 Å². The summed E-state index contributed by atoms with van der Waals surface area (Å²) >= 11 is 0. The number of likely N-dealkylation sites (N-methyl/N-ethyl adjacent to an activating group) is 1. The predicted molar refractivity (Wildman–Crippen MR) is 51.2 cm³/mol. The van der Waals surface area contributed by atoms with E-state index < -0.39 is 0 Å². The minimum atomic E-state index is 0.737. The van der Waals surface area contributed by atoms with Crippen LogP contribution < -0.4 is 5.32 Å².